The van der Waals surface area contributed by atoms with Gasteiger partial charge in [-0.3, -0.25) is 9.59 Å². The van der Waals surface area contributed by atoms with Gasteiger partial charge >= 0.3 is 11.9 Å². The monoisotopic (exact) mass is 342 g/mol. The van der Waals surface area contributed by atoms with Gasteiger partial charge in [-0.25, -0.2) is 0 Å². The van der Waals surface area contributed by atoms with E-state index in [2.05, 4.69) is 13.8 Å². The van der Waals surface area contributed by atoms with E-state index in [1.54, 1.807) is 0 Å². The molecule has 4 heteroatoms. The molecule has 0 aliphatic carbocycles. The molecule has 0 aliphatic rings. The average molecular weight is 343 g/mol. The van der Waals surface area contributed by atoms with E-state index in [0.717, 1.165) is 19.3 Å². The third kappa shape index (κ3) is 13.4. The number of rotatable bonds is 15. The van der Waals surface area contributed by atoms with Crippen molar-refractivity contribution in [1.29, 1.82) is 0 Å². The molecule has 0 saturated heterocycles. The highest BCUT2D eigenvalue weighted by Gasteiger charge is 2.17. The van der Waals surface area contributed by atoms with Crippen LogP contribution in [0, 0.1) is 11.8 Å². The molecule has 0 rings (SSSR count). The summed E-state index contributed by atoms with van der Waals surface area (Å²) in [6.45, 7) is 9.02. The van der Waals surface area contributed by atoms with Gasteiger partial charge in [0.05, 0.1) is 13.2 Å². The Morgan fingerprint density at radius 2 is 1.25 bits per heavy atom. The number of hydrogen-bond donors (Lipinski definition) is 0. The van der Waals surface area contributed by atoms with Gasteiger partial charge in [0, 0.05) is 12.8 Å². The fourth-order valence-corrected chi connectivity index (χ4v) is 2.90. The zero-order valence-corrected chi connectivity index (χ0v) is 16.3. The third-order valence-corrected chi connectivity index (χ3v) is 4.44. The molecule has 24 heavy (non-hydrogen) atoms. The van der Waals surface area contributed by atoms with Crippen molar-refractivity contribution < 1.29 is 19.1 Å². The van der Waals surface area contributed by atoms with Gasteiger partial charge in [-0.15, -0.1) is 0 Å². The Kier molecular flexibility index (Phi) is 14.8. The van der Waals surface area contributed by atoms with Crippen molar-refractivity contribution in [1.82, 2.24) is 0 Å². The summed E-state index contributed by atoms with van der Waals surface area (Å²) in [5.74, 6) is 0.836. The Morgan fingerprint density at radius 3 is 1.79 bits per heavy atom. The number of carbonyl (C=O) groups excluding carboxylic acids is 2. The molecule has 0 aromatic carbocycles. The van der Waals surface area contributed by atoms with E-state index in [9.17, 15) is 9.59 Å². The topological polar surface area (TPSA) is 52.6 Å². The second-order valence-electron chi connectivity index (χ2n) is 6.83. The van der Waals surface area contributed by atoms with Gasteiger partial charge in [0.15, 0.2) is 0 Å². The molecule has 4 nitrogen and oxygen atoms in total. The maximum absolute atomic E-state index is 11.6. The Bertz CT molecular complexity index is 326. The van der Waals surface area contributed by atoms with Gasteiger partial charge in [-0.05, 0) is 38.5 Å². The highest BCUT2D eigenvalue weighted by Crippen LogP contribution is 2.23. The first-order chi connectivity index (χ1) is 11.5. The van der Waals surface area contributed by atoms with Crippen LogP contribution >= 0.6 is 0 Å². The minimum atomic E-state index is -0.0705. The number of ether oxygens (including phenoxy) is 2. The first kappa shape index (κ1) is 22.9. The van der Waals surface area contributed by atoms with Crippen LogP contribution in [-0.4, -0.2) is 25.2 Å². The molecule has 142 valence electrons. The third-order valence-electron chi connectivity index (χ3n) is 4.44. The molecule has 0 aromatic rings. The van der Waals surface area contributed by atoms with Crippen LogP contribution in [0.15, 0.2) is 0 Å². The molecule has 0 aliphatic heterocycles. The van der Waals surface area contributed by atoms with Gasteiger partial charge in [0.2, 0.25) is 0 Å². The van der Waals surface area contributed by atoms with Crippen LogP contribution in [0.2, 0.25) is 0 Å². The second kappa shape index (κ2) is 15.5. The number of hydrogen-bond acceptors (Lipinski definition) is 4. The Morgan fingerprint density at radius 1 is 0.750 bits per heavy atom. The van der Waals surface area contributed by atoms with Crippen molar-refractivity contribution in [2.24, 2.45) is 11.8 Å². The maximum Gasteiger partial charge on any atom is 0.306 e. The van der Waals surface area contributed by atoms with Crippen molar-refractivity contribution in [2.75, 3.05) is 13.2 Å². The van der Waals surface area contributed by atoms with Crippen LogP contribution < -0.4 is 0 Å². The van der Waals surface area contributed by atoms with Crippen molar-refractivity contribution in [3.63, 3.8) is 0 Å². The van der Waals surface area contributed by atoms with Crippen molar-refractivity contribution in [2.45, 2.75) is 91.9 Å². The summed E-state index contributed by atoms with van der Waals surface area (Å²) in [5, 5.41) is 0. The van der Waals surface area contributed by atoms with Crippen molar-refractivity contribution in [3.05, 3.63) is 0 Å². The summed E-state index contributed by atoms with van der Waals surface area (Å²) >= 11 is 0. The predicted octanol–water partition coefficient (Wildman–Crippen LogP) is 5.29. The van der Waals surface area contributed by atoms with E-state index >= 15 is 0 Å². The zero-order valence-electron chi connectivity index (χ0n) is 16.3. The fourth-order valence-electron chi connectivity index (χ4n) is 2.90. The molecule has 0 N–H and O–H groups in total. The Balaban J connectivity index is 3.58. The molecule has 1 atom stereocenters. The van der Waals surface area contributed by atoms with Crippen LogP contribution in [-0.2, 0) is 19.1 Å². The lowest BCUT2D eigenvalue weighted by Crippen LogP contribution is -2.16. The van der Waals surface area contributed by atoms with Crippen LogP contribution in [0.3, 0.4) is 0 Å². The summed E-state index contributed by atoms with van der Waals surface area (Å²) in [4.78, 5) is 22.8. The molecular weight excluding hydrogens is 304 g/mol. The molecule has 0 bridgehead atoms. The number of esters is 2. The van der Waals surface area contributed by atoms with Gasteiger partial charge in [0.25, 0.3) is 0 Å². The molecule has 0 saturated carbocycles. The van der Waals surface area contributed by atoms with E-state index in [4.69, 9.17) is 9.47 Å². The van der Waals surface area contributed by atoms with E-state index in [1.165, 1.54) is 32.1 Å². The summed E-state index contributed by atoms with van der Waals surface area (Å²) in [5.41, 5.74) is 0. The SMILES string of the molecule is CCOC(=O)CCCCCCCCCC(CC(=O)OCC)C(C)C. The molecule has 0 heterocycles. The van der Waals surface area contributed by atoms with Gasteiger partial charge in [0.1, 0.15) is 0 Å². The standard InChI is InChI=1S/C20H38O4/c1-5-23-19(21)15-13-11-9-7-8-10-12-14-18(17(3)4)16-20(22)24-6-2/h17-18H,5-16H2,1-4H3. The van der Waals surface area contributed by atoms with Crippen molar-refractivity contribution in [3.8, 4) is 0 Å². The largest absolute Gasteiger partial charge is 0.466 e. The normalized spacial score (nSPS) is 12.2. The summed E-state index contributed by atoms with van der Waals surface area (Å²) in [6, 6.07) is 0. The Hall–Kier alpha value is -1.06. The second-order valence-corrected chi connectivity index (χ2v) is 6.83. The molecular formula is C20H38O4. The first-order valence-corrected chi connectivity index (χ1v) is 9.82. The lowest BCUT2D eigenvalue weighted by atomic mass is 9.87. The van der Waals surface area contributed by atoms with Crippen LogP contribution in [0.1, 0.15) is 91.9 Å². The first-order valence-electron chi connectivity index (χ1n) is 9.82. The van der Waals surface area contributed by atoms with E-state index in [-0.39, 0.29) is 11.9 Å². The lowest BCUT2D eigenvalue weighted by Gasteiger charge is -2.19. The summed E-state index contributed by atoms with van der Waals surface area (Å²) in [7, 11) is 0. The van der Waals surface area contributed by atoms with E-state index < -0.39 is 0 Å². The molecule has 1 unspecified atom stereocenters. The van der Waals surface area contributed by atoms with Gasteiger partial charge in [-0.2, -0.15) is 0 Å². The summed E-state index contributed by atoms with van der Waals surface area (Å²) in [6.07, 6.45) is 10.3. The smallest absolute Gasteiger partial charge is 0.306 e. The van der Waals surface area contributed by atoms with Gasteiger partial charge in [-0.1, -0.05) is 52.4 Å². The van der Waals surface area contributed by atoms with Gasteiger partial charge < -0.3 is 9.47 Å². The lowest BCUT2D eigenvalue weighted by molar-refractivity contribution is -0.145. The van der Waals surface area contributed by atoms with Crippen LogP contribution in [0.4, 0.5) is 0 Å². The minimum Gasteiger partial charge on any atom is -0.466 e. The molecule has 0 fully saturated rings. The Labute approximate surface area is 148 Å². The quantitative estimate of drug-likeness (QED) is 0.300. The molecule has 0 spiro atoms. The van der Waals surface area contributed by atoms with Crippen LogP contribution in [0.25, 0.3) is 0 Å². The van der Waals surface area contributed by atoms with Crippen molar-refractivity contribution >= 4 is 11.9 Å². The zero-order chi connectivity index (χ0) is 18.2. The molecule has 0 amide bonds. The highest BCUT2D eigenvalue weighted by atomic mass is 16.5. The maximum atomic E-state index is 11.6. The molecule has 0 aromatic heterocycles. The predicted molar refractivity (Wildman–Crippen MR) is 97.8 cm³/mol. The van der Waals surface area contributed by atoms with Crippen LogP contribution in [0.5, 0.6) is 0 Å². The minimum absolute atomic E-state index is 0.0576. The highest BCUT2D eigenvalue weighted by molar-refractivity contribution is 5.69. The fraction of sp³-hybridized carbons (Fsp3) is 0.900. The number of carbonyl (C=O) groups is 2. The number of unbranched alkanes of at least 4 members (excludes halogenated alkanes) is 6. The van der Waals surface area contributed by atoms with E-state index in [0.29, 0.717) is 37.9 Å². The average Bonchev–Trinajstić information content (AvgIpc) is 2.52. The summed E-state index contributed by atoms with van der Waals surface area (Å²) < 4.78 is 9.98. The van der Waals surface area contributed by atoms with E-state index in [1.807, 2.05) is 13.8 Å². The molecule has 0 radical (unpaired) electrons.